The number of primary amides is 1. The Balaban J connectivity index is 2.13. The minimum Gasteiger partial charge on any atom is -0.376 e. The molecule has 1 aromatic rings. The van der Waals surface area contributed by atoms with Gasteiger partial charge in [-0.2, -0.15) is 0 Å². The molecule has 0 radical (unpaired) electrons. The van der Waals surface area contributed by atoms with Crippen molar-refractivity contribution in [2.45, 2.75) is 38.2 Å². The maximum absolute atomic E-state index is 12.7. The van der Waals surface area contributed by atoms with Crippen LogP contribution in [-0.4, -0.2) is 47.5 Å². The van der Waals surface area contributed by atoms with E-state index in [1.54, 1.807) is 18.2 Å². The van der Waals surface area contributed by atoms with E-state index in [0.29, 0.717) is 25.2 Å². The van der Waals surface area contributed by atoms with E-state index >= 15 is 0 Å². The van der Waals surface area contributed by atoms with Crippen LogP contribution in [0.25, 0.3) is 0 Å². The van der Waals surface area contributed by atoms with Crippen LogP contribution < -0.4 is 5.73 Å². The number of aryl methyl sites for hydroxylation is 1. The van der Waals surface area contributed by atoms with Gasteiger partial charge in [0, 0.05) is 26.3 Å². The molecule has 0 aliphatic carbocycles. The predicted octanol–water partition coefficient (Wildman–Crippen LogP) is 1.28. The number of hydrogen-bond acceptors (Lipinski definition) is 4. The summed E-state index contributed by atoms with van der Waals surface area (Å²) in [6.07, 6.45) is 4.08. The van der Waals surface area contributed by atoms with E-state index in [1.807, 2.05) is 19.1 Å². The molecule has 1 atom stereocenters. The molecule has 2 rings (SSSR count). The second kappa shape index (κ2) is 6.87. The Morgan fingerprint density at radius 1 is 1.50 bits per heavy atom. The predicted molar refractivity (Wildman–Crippen MR) is 82.3 cm³/mol. The number of ether oxygens (including phenoxy) is 1. The van der Waals surface area contributed by atoms with E-state index in [-0.39, 0.29) is 18.2 Å². The topological polar surface area (TPSA) is 85.5 Å². The van der Waals surface area contributed by atoms with Crippen molar-refractivity contribution in [2.75, 3.05) is 20.2 Å². The number of likely N-dealkylation sites (tertiary alicyclic amines) is 1. The van der Waals surface area contributed by atoms with E-state index in [9.17, 15) is 9.59 Å². The summed E-state index contributed by atoms with van der Waals surface area (Å²) in [5.41, 5.74) is 6.08. The van der Waals surface area contributed by atoms with E-state index in [1.165, 1.54) is 0 Å². The highest BCUT2D eigenvalue weighted by atomic mass is 16.5. The molecule has 1 aliphatic rings. The van der Waals surface area contributed by atoms with Gasteiger partial charge in [-0.15, -0.1) is 0 Å². The third kappa shape index (κ3) is 3.62. The number of nitrogens with zero attached hydrogens (tertiary/aromatic N) is 2. The lowest BCUT2D eigenvalue weighted by atomic mass is 9.87. The average molecular weight is 305 g/mol. The molecular weight excluding hydrogens is 282 g/mol. The first-order valence-corrected chi connectivity index (χ1v) is 7.52. The number of pyridine rings is 1. The quantitative estimate of drug-likeness (QED) is 0.888. The van der Waals surface area contributed by atoms with Gasteiger partial charge in [-0.3, -0.25) is 14.6 Å². The van der Waals surface area contributed by atoms with E-state index in [4.69, 9.17) is 10.5 Å². The number of hydrogen-bond donors (Lipinski definition) is 1. The zero-order valence-corrected chi connectivity index (χ0v) is 13.2. The molecule has 0 bridgehead atoms. The molecule has 1 aliphatic heterocycles. The normalized spacial score (nSPS) is 21.6. The van der Waals surface area contributed by atoms with Crippen LogP contribution in [0.5, 0.6) is 0 Å². The van der Waals surface area contributed by atoms with E-state index in [2.05, 4.69) is 4.98 Å². The van der Waals surface area contributed by atoms with Crippen molar-refractivity contribution in [1.29, 1.82) is 0 Å². The molecule has 6 heteroatoms. The van der Waals surface area contributed by atoms with Crippen molar-refractivity contribution in [3.8, 4) is 0 Å². The van der Waals surface area contributed by atoms with Crippen molar-refractivity contribution in [3.63, 3.8) is 0 Å². The van der Waals surface area contributed by atoms with Gasteiger partial charge >= 0.3 is 0 Å². The first-order chi connectivity index (χ1) is 10.5. The fourth-order valence-corrected chi connectivity index (χ4v) is 2.95. The summed E-state index contributed by atoms with van der Waals surface area (Å²) in [5.74, 6) is -0.432. The summed E-state index contributed by atoms with van der Waals surface area (Å²) < 4.78 is 5.65. The van der Waals surface area contributed by atoms with Crippen LogP contribution >= 0.6 is 0 Å². The molecule has 1 aromatic heterocycles. The third-order valence-electron chi connectivity index (χ3n) is 4.30. The Bertz CT molecular complexity index is 561. The summed E-state index contributed by atoms with van der Waals surface area (Å²) in [6, 6.07) is 3.69. The fraction of sp³-hybridized carbons (Fsp3) is 0.562. The number of methoxy groups -OCH3 is 1. The SMILES string of the molecule is COC1(CCC(N)=O)CCCN(C(=O)c2ncccc2C)C1. The Morgan fingerprint density at radius 2 is 2.27 bits per heavy atom. The highest BCUT2D eigenvalue weighted by Crippen LogP contribution is 2.30. The number of aromatic nitrogens is 1. The van der Waals surface area contributed by atoms with Crippen LogP contribution in [0.15, 0.2) is 18.3 Å². The fourth-order valence-electron chi connectivity index (χ4n) is 2.95. The first-order valence-electron chi connectivity index (χ1n) is 7.52. The van der Waals surface area contributed by atoms with Gasteiger partial charge < -0.3 is 15.4 Å². The molecule has 1 unspecified atom stereocenters. The second-order valence-corrected chi connectivity index (χ2v) is 5.85. The average Bonchev–Trinajstić information content (AvgIpc) is 2.53. The highest BCUT2D eigenvalue weighted by Gasteiger charge is 2.38. The smallest absolute Gasteiger partial charge is 0.272 e. The van der Waals surface area contributed by atoms with Crippen molar-refractivity contribution in [3.05, 3.63) is 29.6 Å². The number of nitrogens with two attached hydrogens (primary N) is 1. The Hall–Kier alpha value is -1.95. The summed E-state index contributed by atoms with van der Waals surface area (Å²) in [6.45, 7) is 3.02. The van der Waals surface area contributed by atoms with Crippen LogP contribution in [0, 0.1) is 6.92 Å². The molecule has 22 heavy (non-hydrogen) atoms. The standard InChI is InChI=1S/C16H23N3O3/c1-12-5-3-9-18-14(12)15(21)19-10-4-7-16(11-19,22-2)8-6-13(17)20/h3,5,9H,4,6-8,10-11H2,1-2H3,(H2,17,20). The van der Waals surface area contributed by atoms with Crippen LogP contribution in [0.4, 0.5) is 0 Å². The molecule has 2 N–H and O–H groups in total. The lowest BCUT2D eigenvalue weighted by Crippen LogP contribution is -2.52. The van der Waals surface area contributed by atoms with E-state index in [0.717, 1.165) is 18.4 Å². The highest BCUT2D eigenvalue weighted by molar-refractivity contribution is 5.93. The van der Waals surface area contributed by atoms with Crippen LogP contribution in [0.2, 0.25) is 0 Å². The molecule has 2 amide bonds. The van der Waals surface area contributed by atoms with Crippen molar-refractivity contribution in [2.24, 2.45) is 5.73 Å². The maximum Gasteiger partial charge on any atom is 0.272 e. The number of carbonyl (C=O) groups is 2. The van der Waals surface area contributed by atoms with Crippen molar-refractivity contribution < 1.29 is 14.3 Å². The van der Waals surface area contributed by atoms with Crippen molar-refractivity contribution in [1.82, 2.24) is 9.88 Å². The molecular formula is C16H23N3O3. The number of amides is 2. The van der Waals surface area contributed by atoms with Crippen molar-refractivity contribution >= 4 is 11.8 Å². The monoisotopic (exact) mass is 305 g/mol. The summed E-state index contributed by atoms with van der Waals surface area (Å²) in [7, 11) is 1.63. The lowest BCUT2D eigenvalue weighted by molar-refractivity contribution is -0.121. The van der Waals surface area contributed by atoms with Gasteiger partial charge in [-0.25, -0.2) is 0 Å². The molecule has 1 saturated heterocycles. The third-order valence-corrected chi connectivity index (χ3v) is 4.30. The zero-order chi connectivity index (χ0) is 16.2. The second-order valence-electron chi connectivity index (χ2n) is 5.85. The number of carbonyl (C=O) groups excluding carboxylic acids is 2. The van der Waals surface area contributed by atoms with Gasteiger partial charge in [-0.1, -0.05) is 6.07 Å². The molecule has 6 nitrogen and oxygen atoms in total. The largest absolute Gasteiger partial charge is 0.376 e. The lowest BCUT2D eigenvalue weighted by Gasteiger charge is -2.41. The van der Waals surface area contributed by atoms with Gasteiger partial charge in [-0.05, 0) is 37.8 Å². The van der Waals surface area contributed by atoms with Crippen LogP contribution in [0.3, 0.4) is 0 Å². The summed E-state index contributed by atoms with van der Waals surface area (Å²) in [5, 5.41) is 0. The van der Waals surface area contributed by atoms with Gasteiger partial charge in [0.15, 0.2) is 0 Å². The molecule has 1 fully saturated rings. The van der Waals surface area contributed by atoms with Gasteiger partial charge in [0.05, 0.1) is 12.1 Å². The summed E-state index contributed by atoms with van der Waals surface area (Å²) in [4.78, 5) is 29.7. The molecule has 120 valence electrons. The zero-order valence-electron chi connectivity index (χ0n) is 13.2. The van der Waals surface area contributed by atoms with Crippen LogP contribution in [-0.2, 0) is 9.53 Å². The molecule has 0 spiro atoms. The molecule has 0 aromatic carbocycles. The minimum atomic E-state index is -0.494. The Morgan fingerprint density at radius 3 is 2.91 bits per heavy atom. The molecule has 0 saturated carbocycles. The van der Waals surface area contributed by atoms with Crippen LogP contribution in [0.1, 0.15) is 41.7 Å². The van der Waals surface area contributed by atoms with Gasteiger partial charge in [0.25, 0.3) is 5.91 Å². The maximum atomic E-state index is 12.7. The number of rotatable bonds is 5. The first kappa shape index (κ1) is 16.4. The molecule has 2 heterocycles. The van der Waals surface area contributed by atoms with E-state index < -0.39 is 5.60 Å². The Kier molecular flexibility index (Phi) is 5.13. The van der Waals surface area contributed by atoms with Gasteiger partial charge in [0.1, 0.15) is 5.69 Å². The Labute approximate surface area is 130 Å². The summed E-state index contributed by atoms with van der Waals surface area (Å²) >= 11 is 0. The van der Waals surface area contributed by atoms with Gasteiger partial charge in [0.2, 0.25) is 5.91 Å². The minimum absolute atomic E-state index is 0.0849. The number of piperidine rings is 1.